The van der Waals surface area contributed by atoms with Gasteiger partial charge in [0.15, 0.2) is 5.13 Å². The lowest BCUT2D eigenvalue weighted by Gasteiger charge is -2.08. The molecule has 0 spiro atoms. The number of hydrogen-bond donors (Lipinski definition) is 1. The number of alkyl halides is 1. The number of carbonyl (C=O) groups is 1. The fourth-order valence-corrected chi connectivity index (χ4v) is 2.76. The van der Waals surface area contributed by atoms with E-state index < -0.39 is 0 Å². The maximum atomic E-state index is 11.6. The van der Waals surface area contributed by atoms with Gasteiger partial charge in [0.1, 0.15) is 5.75 Å². The van der Waals surface area contributed by atoms with Gasteiger partial charge in [0, 0.05) is 12.3 Å². The van der Waals surface area contributed by atoms with Crippen molar-refractivity contribution < 1.29 is 9.53 Å². The number of aromatic nitrogens is 1. The van der Waals surface area contributed by atoms with Crippen molar-refractivity contribution in [3.63, 3.8) is 0 Å². The smallest absolute Gasteiger partial charge is 0.226 e. The van der Waals surface area contributed by atoms with Crippen molar-refractivity contribution in [1.82, 2.24) is 4.98 Å². The van der Waals surface area contributed by atoms with Crippen molar-refractivity contribution in [2.75, 3.05) is 11.2 Å². The number of amides is 1. The zero-order chi connectivity index (χ0) is 14.5. The molecule has 2 rings (SSSR count). The Morgan fingerprint density at radius 2 is 2.30 bits per heavy atom. The molecule has 1 N–H and O–H groups in total. The standard InChI is InChI=1S/C14H17ClN2O2S/c1-9(2)19-10-5-6-11-12(8-10)20-14(16-11)17-13(18)4-3-7-15/h5-6,8-9H,3-4,7H2,1-2H3,(H,16,17,18). The number of ether oxygens (including phenoxy) is 1. The van der Waals surface area contributed by atoms with Crippen LogP contribution in [0.25, 0.3) is 10.2 Å². The van der Waals surface area contributed by atoms with Gasteiger partial charge in [-0.2, -0.15) is 0 Å². The molecule has 1 aromatic heterocycles. The first-order valence-electron chi connectivity index (χ1n) is 6.51. The Labute approximate surface area is 127 Å². The van der Waals surface area contributed by atoms with Gasteiger partial charge in [-0.3, -0.25) is 4.79 Å². The third-order valence-corrected chi connectivity index (χ3v) is 3.72. The summed E-state index contributed by atoms with van der Waals surface area (Å²) < 4.78 is 6.64. The van der Waals surface area contributed by atoms with E-state index in [0.29, 0.717) is 23.9 Å². The molecular formula is C14H17ClN2O2S. The number of fused-ring (bicyclic) bond motifs is 1. The maximum Gasteiger partial charge on any atom is 0.226 e. The van der Waals surface area contributed by atoms with Crippen molar-refractivity contribution in [3.05, 3.63) is 18.2 Å². The first kappa shape index (κ1) is 15.1. The molecule has 4 nitrogen and oxygen atoms in total. The van der Waals surface area contributed by atoms with Crippen LogP contribution in [0, 0.1) is 0 Å². The van der Waals surface area contributed by atoms with Crippen molar-refractivity contribution in [2.24, 2.45) is 0 Å². The van der Waals surface area contributed by atoms with Gasteiger partial charge in [-0.05, 0) is 38.5 Å². The Balaban J connectivity index is 2.10. The number of rotatable bonds is 6. The molecular weight excluding hydrogens is 296 g/mol. The van der Waals surface area contributed by atoms with Crippen molar-refractivity contribution >= 4 is 44.2 Å². The summed E-state index contributed by atoms with van der Waals surface area (Å²) in [6.45, 7) is 3.97. The van der Waals surface area contributed by atoms with Gasteiger partial charge >= 0.3 is 0 Å². The molecule has 108 valence electrons. The maximum absolute atomic E-state index is 11.6. The minimum atomic E-state index is -0.0524. The zero-order valence-corrected chi connectivity index (χ0v) is 13.1. The van der Waals surface area contributed by atoms with Crippen LogP contribution in [0.4, 0.5) is 5.13 Å². The van der Waals surface area contributed by atoms with Crippen LogP contribution in [-0.4, -0.2) is 22.9 Å². The average Bonchev–Trinajstić information content (AvgIpc) is 2.77. The molecule has 2 aromatic rings. The van der Waals surface area contributed by atoms with Crippen LogP contribution < -0.4 is 10.1 Å². The van der Waals surface area contributed by atoms with E-state index in [4.69, 9.17) is 16.3 Å². The molecule has 6 heteroatoms. The van der Waals surface area contributed by atoms with Gasteiger partial charge in [0.25, 0.3) is 0 Å². The summed E-state index contributed by atoms with van der Waals surface area (Å²) in [6, 6.07) is 5.74. The van der Waals surface area contributed by atoms with Gasteiger partial charge in [-0.15, -0.1) is 11.6 Å². The summed E-state index contributed by atoms with van der Waals surface area (Å²) in [4.78, 5) is 16.0. The molecule has 1 amide bonds. The lowest BCUT2D eigenvalue weighted by Crippen LogP contribution is -2.10. The van der Waals surface area contributed by atoms with E-state index in [1.54, 1.807) is 0 Å². The predicted molar refractivity (Wildman–Crippen MR) is 84.0 cm³/mol. The van der Waals surface area contributed by atoms with Crippen molar-refractivity contribution in [2.45, 2.75) is 32.8 Å². The second kappa shape index (κ2) is 6.90. The van der Waals surface area contributed by atoms with Crippen LogP contribution in [0.2, 0.25) is 0 Å². The molecule has 1 aromatic carbocycles. The van der Waals surface area contributed by atoms with E-state index in [2.05, 4.69) is 10.3 Å². The summed E-state index contributed by atoms with van der Waals surface area (Å²) in [6.07, 6.45) is 1.22. The fraction of sp³-hybridized carbons (Fsp3) is 0.429. The Hall–Kier alpha value is -1.33. The molecule has 0 atom stereocenters. The van der Waals surface area contributed by atoms with Crippen LogP contribution in [0.3, 0.4) is 0 Å². The fourth-order valence-electron chi connectivity index (χ4n) is 1.71. The van der Waals surface area contributed by atoms with E-state index >= 15 is 0 Å². The Morgan fingerprint density at radius 3 is 3.00 bits per heavy atom. The van der Waals surface area contributed by atoms with Crippen LogP contribution in [0.15, 0.2) is 18.2 Å². The van der Waals surface area contributed by atoms with E-state index in [0.717, 1.165) is 16.0 Å². The molecule has 0 bridgehead atoms. The highest BCUT2D eigenvalue weighted by atomic mass is 35.5. The first-order chi connectivity index (χ1) is 9.58. The number of nitrogens with zero attached hydrogens (tertiary/aromatic N) is 1. The van der Waals surface area contributed by atoms with Gasteiger partial charge in [-0.1, -0.05) is 11.3 Å². The Bertz CT molecular complexity index is 598. The van der Waals surface area contributed by atoms with Crippen LogP contribution in [-0.2, 0) is 4.79 Å². The third-order valence-electron chi connectivity index (χ3n) is 2.52. The molecule has 0 saturated heterocycles. The van der Waals surface area contributed by atoms with Crippen molar-refractivity contribution in [1.29, 1.82) is 0 Å². The largest absolute Gasteiger partial charge is 0.491 e. The van der Waals surface area contributed by atoms with E-state index in [9.17, 15) is 4.79 Å². The SMILES string of the molecule is CC(C)Oc1ccc2nc(NC(=O)CCCCl)sc2c1. The summed E-state index contributed by atoms with van der Waals surface area (Å²) in [7, 11) is 0. The second-order valence-corrected chi connectivity index (χ2v) is 6.06. The molecule has 0 aliphatic heterocycles. The molecule has 0 aliphatic rings. The molecule has 1 heterocycles. The highest BCUT2D eigenvalue weighted by Crippen LogP contribution is 2.29. The number of thiazole rings is 1. The first-order valence-corrected chi connectivity index (χ1v) is 7.86. The summed E-state index contributed by atoms with van der Waals surface area (Å²) in [5.41, 5.74) is 0.860. The van der Waals surface area contributed by atoms with Gasteiger partial charge in [-0.25, -0.2) is 4.98 Å². The normalized spacial score (nSPS) is 11.0. The van der Waals surface area contributed by atoms with E-state index in [1.807, 2.05) is 32.0 Å². The van der Waals surface area contributed by atoms with Crippen LogP contribution in [0.5, 0.6) is 5.75 Å². The zero-order valence-electron chi connectivity index (χ0n) is 11.5. The van der Waals surface area contributed by atoms with Gasteiger partial charge < -0.3 is 10.1 Å². The number of carbonyl (C=O) groups excluding carboxylic acids is 1. The quantitative estimate of drug-likeness (QED) is 0.819. The molecule has 20 heavy (non-hydrogen) atoms. The molecule has 0 unspecified atom stereocenters. The average molecular weight is 313 g/mol. The number of nitrogens with one attached hydrogen (secondary N) is 1. The number of anilines is 1. The summed E-state index contributed by atoms with van der Waals surface area (Å²) in [5.74, 6) is 1.25. The topological polar surface area (TPSA) is 51.2 Å². The highest BCUT2D eigenvalue weighted by molar-refractivity contribution is 7.22. The predicted octanol–water partition coefficient (Wildman–Crippen LogP) is 4.04. The minimum absolute atomic E-state index is 0.0524. The van der Waals surface area contributed by atoms with Crippen LogP contribution >= 0.6 is 22.9 Å². The van der Waals surface area contributed by atoms with Gasteiger partial charge in [0.05, 0.1) is 16.3 Å². The van der Waals surface area contributed by atoms with Gasteiger partial charge in [0.2, 0.25) is 5.91 Å². The Kier molecular flexibility index (Phi) is 5.20. The second-order valence-electron chi connectivity index (χ2n) is 4.66. The number of halogens is 1. The number of benzene rings is 1. The highest BCUT2D eigenvalue weighted by Gasteiger charge is 2.09. The van der Waals surface area contributed by atoms with E-state index in [1.165, 1.54) is 11.3 Å². The minimum Gasteiger partial charge on any atom is -0.491 e. The summed E-state index contributed by atoms with van der Waals surface area (Å²) in [5, 5.41) is 3.41. The lowest BCUT2D eigenvalue weighted by molar-refractivity contribution is -0.116. The summed E-state index contributed by atoms with van der Waals surface area (Å²) >= 11 is 7.01. The molecule has 0 saturated carbocycles. The molecule has 0 fully saturated rings. The lowest BCUT2D eigenvalue weighted by atomic mass is 10.3. The molecule has 0 radical (unpaired) electrons. The Morgan fingerprint density at radius 1 is 1.50 bits per heavy atom. The third kappa shape index (κ3) is 4.08. The van der Waals surface area contributed by atoms with Crippen LogP contribution in [0.1, 0.15) is 26.7 Å². The monoisotopic (exact) mass is 312 g/mol. The molecule has 0 aliphatic carbocycles. The van der Waals surface area contributed by atoms with E-state index in [-0.39, 0.29) is 12.0 Å². The van der Waals surface area contributed by atoms with Crippen molar-refractivity contribution in [3.8, 4) is 5.75 Å². The number of hydrogen-bond acceptors (Lipinski definition) is 4.